The van der Waals surface area contributed by atoms with Crippen LogP contribution in [0.15, 0.2) is 34.9 Å². The first-order valence-electron chi connectivity index (χ1n) is 6.66. The van der Waals surface area contributed by atoms with Crippen molar-refractivity contribution in [2.24, 2.45) is 0 Å². The smallest absolute Gasteiger partial charge is 0.307 e. The van der Waals surface area contributed by atoms with Crippen molar-refractivity contribution in [2.75, 3.05) is 0 Å². The van der Waals surface area contributed by atoms with Gasteiger partial charge in [0.1, 0.15) is 5.76 Å². The van der Waals surface area contributed by atoms with Crippen molar-refractivity contribution in [1.29, 1.82) is 0 Å². The number of ether oxygens (including phenoxy) is 1. The van der Waals surface area contributed by atoms with Gasteiger partial charge in [0, 0.05) is 24.0 Å². The summed E-state index contributed by atoms with van der Waals surface area (Å²) in [7, 11) is 0. The highest BCUT2D eigenvalue weighted by atomic mass is 32.2. The van der Waals surface area contributed by atoms with Crippen molar-refractivity contribution in [3.8, 4) is 0 Å². The summed E-state index contributed by atoms with van der Waals surface area (Å²) in [5, 5.41) is 0. The predicted molar refractivity (Wildman–Crippen MR) is 81.8 cm³/mol. The summed E-state index contributed by atoms with van der Waals surface area (Å²) in [6.45, 7) is 7.69. The van der Waals surface area contributed by atoms with Crippen LogP contribution in [0.4, 0.5) is 0 Å². The molecule has 0 atom stereocenters. The maximum Gasteiger partial charge on any atom is 0.307 e. The first-order valence-corrected chi connectivity index (χ1v) is 7.64. The van der Waals surface area contributed by atoms with E-state index in [-0.39, 0.29) is 5.97 Å². The summed E-state index contributed by atoms with van der Waals surface area (Å²) >= 11 is 1.77. The fourth-order valence-corrected chi connectivity index (χ4v) is 3.02. The number of carbonyl (C=O) groups is 1. The van der Waals surface area contributed by atoms with Crippen molar-refractivity contribution >= 4 is 17.7 Å². The van der Waals surface area contributed by atoms with E-state index in [1.54, 1.807) is 11.8 Å². The monoisotopic (exact) mass is 278 g/mol. The van der Waals surface area contributed by atoms with Crippen LogP contribution in [0, 0.1) is 6.92 Å². The second-order valence-corrected chi connectivity index (χ2v) is 5.43. The summed E-state index contributed by atoms with van der Waals surface area (Å²) in [4.78, 5) is 12.3. The number of allylic oxidation sites excluding steroid dienone is 2. The molecule has 0 aliphatic rings. The van der Waals surface area contributed by atoms with Gasteiger partial charge in [-0.2, -0.15) is 0 Å². The Kier molecular flexibility index (Phi) is 6.71. The lowest BCUT2D eigenvalue weighted by atomic mass is 10.1. The molecule has 0 saturated carbocycles. The standard InChI is InChI=1S/C16H22O2S/c1-5-15(18-13(4)17)16(6-2)19-11-14-10-8-7-9-12(14)3/h7-10H,5-6,11H2,1-4H3/b16-15+. The minimum absolute atomic E-state index is 0.237. The molecule has 0 N–H and O–H groups in total. The largest absolute Gasteiger partial charge is 0.430 e. The number of hydrogen-bond donors (Lipinski definition) is 0. The van der Waals surface area contributed by atoms with Gasteiger partial charge in [-0.15, -0.1) is 11.8 Å². The van der Waals surface area contributed by atoms with Crippen LogP contribution in [0.2, 0.25) is 0 Å². The molecule has 2 nitrogen and oxygen atoms in total. The van der Waals surface area contributed by atoms with Crippen LogP contribution >= 0.6 is 11.8 Å². The Hall–Kier alpha value is -1.22. The number of benzene rings is 1. The molecule has 0 amide bonds. The Bertz CT molecular complexity index is 464. The van der Waals surface area contributed by atoms with E-state index >= 15 is 0 Å². The van der Waals surface area contributed by atoms with Gasteiger partial charge in [0.05, 0.1) is 0 Å². The van der Waals surface area contributed by atoms with Gasteiger partial charge in [-0.05, 0) is 24.5 Å². The molecule has 0 aliphatic heterocycles. The van der Waals surface area contributed by atoms with Gasteiger partial charge in [-0.3, -0.25) is 4.79 Å². The van der Waals surface area contributed by atoms with E-state index in [4.69, 9.17) is 4.74 Å². The molecule has 0 aliphatic carbocycles. The maximum absolute atomic E-state index is 11.1. The lowest BCUT2D eigenvalue weighted by Gasteiger charge is -2.12. The zero-order chi connectivity index (χ0) is 14.3. The average molecular weight is 278 g/mol. The van der Waals surface area contributed by atoms with E-state index in [2.05, 4.69) is 38.1 Å². The van der Waals surface area contributed by atoms with E-state index in [1.807, 2.05) is 6.92 Å². The summed E-state index contributed by atoms with van der Waals surface area (Å²) in [5.74, 6) is 1.49. The molecular weight excluding hydrogens is 256 g/mol. The quantitative estimate of drug-likeness (QED) is 0.551. The molecule has 1 aromatic rings. The highest BCUT2D eigenvalue weighted by Gasteiger charge is 2.09. The van der Waals surface area contributed by atoms with E-state index < -0.39 is 0 Å². The molecule has 104 valence electrons. The number of hydrogen-bond acceptors (Lipinski definition) is 3. The van der Waals surface area contributed by atoms with Gasteiger partial charge in [0.2, 0.25) is 0 Å². The van der Waals surface area contributed by atoms with Crippen LogP contribution in [0.25, 0.3) is 0 Å². The minimum atomic E-state index is -0.237. The molecule has 19 heavy (non-hydrogen) atoms. The Balaban J connectivity index is 2.79. The Morgan fingerprint density at radius 3 is 2.42 bits per heavy atom. The second-order valence-electron chi connectivity index (χ2n) is 4.36. The molecule has 0 heterocycles. The number of carbonyl (C=O) groups excluding carboxylic acids is 1. The van der Waals surface area contributed by atoms with Gasteiger partial charge >= 0.3 is 5.97 Å². The van der Waals surface area contributed by atoms with Crippen LogP contribution in [0.5, 0.6) is 0 Å². The van der Waals surface area contributed by atoms with Crippen molar-refractivity contribution in [2.45, 2.75) is 46.3 Å². The van der Waals surface area contributed by atoms with Crippen LogP contribution < -0.4 is 0 Å². The molecule has 3 heteroatoms. The molecule has 0 spiro atoms. The van der Waals surface area contributed by atoms with Crippen LogP contribution in [-0.2, 0) is 15.3 Å². The highest BCUT2D eigenvalue weighted by molar-refractivity contribution is 8.02. The number of aryl methyl sites for hydroxylation is 1. The lowest BCUT2D eigenvalue weighted by molar-refractivity contribution is -0.137. The van der Waals surface area contributed by atoms with Crippen LogP contribution in [0.1, 0.15) is 44.7 Å². The van der Waals surface area contributed by atoms with Crippen molar-refractivity contribution in [3.63, 3.8) is 0 Å². The summed E-state index contributed by atoms with van der Waals surface area (Å²) in [5.41, 5.74) is 2.63. The molecule has 1 aromatic carbocycles. The van der Waals surface area contributed by atoms with Crippen molar-refractivity contribution < 1.29 is 9.53 Å². The van der Waals surface area contributed by atoms with Gasteiger partial charge in [-0.25, -0.2) is 0 Å². The van der Waals surface area contributed by atoms with E-state index in [9.17, 15) is 4.79 Å². The number of esters is 1. The van der Waals surface area contributed by atoms with Gasteiger partial charge in [0.15, 0.2) is 0 Å². The van der Waals surface area contributed by atoms with Crippen LogP contribution in [0.3, 0.4) is 0 Å². The number of rotatable bonds is 6. The fourth-order valence-electron chi connectivity index (χ4n) is 1.82. The first-order chi connectivity index (χ1) is 9.08. The zero-order valence-corrected chi connectivity index (χ0v) is 13.0. The molecule has 0 saturated heterocycles. The van der Waals surface area contributed by atoms with Crippen LogP contribution in [-0.4, -0.2) is 5.97 Å². The molecule has 0 fully saturated rings. The maximum atomic E-state index is 11.1. The molecule has 0 unspecified atom stereocenters. The summed E-state index contributed by atoms with van der Waals surface area (Å²) in [6, 6.07) is 8.38. The fraction of sp³-hybridized carbons (Fsp3) is 0.438. The summed E-state index contributed by atoms with van der Waals surface area (Å²) in [6.07, 6.45) is 1.65. The van der Waals surface area contributed by atoms with Crippen molar-refractivity contribution in [3.05, 3.63) is 46.1 Å². The third-order valence-electron chi connectivity index (χ3n) is 2.88. The SMILES string of the molecule is CC/C(OC(C)=O)=C(/CC)SCc1ccccc1C. The Labute approximate surface area is 120 Å². The van der Waals surface area contributed by atoms with E-state index in [0.29, 0.717) is 0 Å². The van der Waals surface area contributed by atoms with Gasteiger partial charge in [-0.1, -0.05) is 38.1 Å². The molecular formula is C16H22O2S. The molecule has 0 bridgehead atoms. The molecule has 0 radical (unpaired) electrons. The molecule has 0 aromatic heterocycles. The topological polar surface area (TPSA) is 26.3 Å². The summed E-state index contributed by atoms with van der Waals surface area (Å²) < 4.78 is 5.29. The second kappa shape index (κ2) is 8.05. The predicted octanol–water partition coefficient (Wildman–Crippen LogP) is 4.82. The third-order valence-corrected chi connectivity index (χ3v) is 4.20. The Morgan fingerprint density at radius 1 is 1.21 bits per heavy atom. The van der Waals surface area contributed by atoms with Gasteiger partial charge in [0.25, 0.3) is 0 Å². The minimum Gasteiger partial charge on any atom is -0.430 e. The highest BCUT2D eigenvalue weighted by Crippen LogP contribution is 2.29. The normalized spacial score (nSPS) is 12.0. The third kappa shape index (κ3) is 5.11. The zero-order valence-electron chi connectivity index (χ0n) is 12.2. The first kappa shape index (κ1) is 15.8. The lowest BCUT2D eigenvalue weighted by Crippen LogP contribution is -2.01. The van der Waals surface area contributed by atoms with E-state index in [1.165, 1.54) is 23.0 Å². The molecule has 1 rings (SSSR count). The van der Waals surface area contributed by atoms with Crippen molar-refractivity contribution in [1.82, 2.24) is 0 Å². The van der Waals surface area contributed by atoms with Gasteiger partial charge < -0.3 is 4.74 Å². The van der Waals surface area contributed by atoms with E-state index in [0.717, 1.165) is 24.4 Å². The average Bonchev–Trinajstić information content (AvgIpc) is 2.39. The number of thioether (sulfide) groups is 1. The Morgan fingerprint density at radius 2 is 1.89 bits per heavy atom.